The lowest BCUT2D eigenvalue weighted by Crippen LogP contribution is -2.19. The van der Waals surface area contributed by atoms with Crippen molar-refractivity contribution in [3.8, 4) is 11.8 Å². The molecule has 0 unspecified atom stereocenters. The molecule has 0 aliphatic rings. The molecular weight excluding hydrogens is 295 g/mol. The van der Waals surface area contributed by atoms with E-state index in [1.54, 1.807) is 6.07 Å². The van der Waals surface area contributed by atoms with Crippen LogP contribution in [0.15, 0.2) is 6.20 Å². The molecule has 1 rings (SSSR count). The average Bonchev–Trinajstić information content (AvgIpc) is 2.28. The van der Waals surface area contributed by atoms with Crippen molar-refractivity contribution in [2.75, 3.05) is 0 Å². The van der Waals surface area contributed by atoms with Crippen LogP contribution < -0.4 is 4.74 Å². The molecule has 1 aromatic rings. The molecule has 1 aromatic heterocycles. The summed E-state index contributed by atoms with van der Waals surface area (Å²) in [6, 6.07) is 1.60. The number of ether oxygens (including phenoxy) is 1. The number of nitrogens with zero attached hydrogens (tertiary/aromatic N) is 2. The van der Waals surface area contributed by atoms with Crippen molar-refractivity contribution < 1.29 is 26.7 Å². The molecule has 0 fully saturated rings. The van der Waals surface area contributed by atoms with Crippen molar-refractivity contribution in [1.82, 2.24) is 4.98 Å². The van der Waals surface area contributed by atoms with E-state index in [2.05, 4.69) is 9.72 Å². The Morgan fingerprint density at radius 2 is 2.05 bits per heavy atom. The van der Waals surface area contributed by atoms with Crippen LogP contribution in [0.1, 0.15) is 23.2 Å². The second kappa shape index (κ2) is 6.02. The van der Waals surface area contributed by atoms with Gasteiger partial charge in [0.15, 0.2) is 5.75 Å². The summed E-state index contributed by atoms with van der Waals surface area (Å²) in [6.07, 6.45) is -7.99. The molecule has 0 saturated heterocycles. The van der Waals surface area contributed by atoms with Gasteiger partial charge in [-0.2, -0.15) is 5.26 Å². The number of halogens is 6. The molecule has 104 valence electrons. The molecule has 0 aliphatic carbocycles. The average molecular weight is 301 g/mol. The highest BCUT2D eigenvalue weighted by atomic mass is 35.5. The Kier molecular flexibility index (Phi) is 4.89. The van der Waals surface area contributed by atoms with Crippen LogP contribution in [0.2, 0.25) is 0 Å². The molecule has 0 spiro atoms. The summed E-state index contributed by atoms with van der Waals surface area (Å²) in [6.45, 7) is 0. The number of pyridine rings is 1. The second-order valence-corrected chi connectivity index (χ2v) is 3.55. The van der Waals surface area contributed by atoms with Gasteiger partial charge in [-0.15, -0.1) is 24.8 Å². The molecule has 0 aromatic carbocycles. The third kappa shape index (κ3) is 3.92. The zero-order valence-corrected chi connectivity index (χ0v) is 9.90. The fraction of sp³-hybridized carbons (Fsp3) is 0.400. The van der Waals surface area contributed by atoms with Crippen molar-refractivity contribution >= 4 is 11.6 Å². The zero-order valence-electron chi connectivity index (χ0n) is 9.14. The number of hydrogen-bond donors (Lipinski definition) is 0. The molecule has 9 heteroatoms. The topological polar surface area (TPSA) is 45.9 Å². The van der Waals surface area contributed by atoms with Gasteiger partial charge in [-0.1, -0.05) is 0 Å². The third-order valence-corrected chi connectivity index (χ3v) is 2.36. The highest BCUT2D eigenvalue weighted by molar-refractivity contribution is 6.17. The fourth-order valence-corrected chi connectivity index (χ4v) is 1.69. The molecule has 0 bridgehead atoms. The Hall–Kier alpha value is -1.62. The smallest absolute Gasteiger partial charge is 0.404 e. The highest BCUT2D eigenvalue weighted by Crippen LogP contribution is 2.35. The standard InChI is InChI=1S/C10H6ClF5N2O/c11-3-5-7(19-10(14,15)16)4-18-6(1-2-17)8(5)9(12)13/h4,9H,1,3H2. The van der Waals surface area contributed by atoms with Crippen molar-refractivity contribution in [2.45, 2.75) is 25.1 Å². The van der Waals surface area contributed by atoms with Gasteiger partial charge >= 0.3 is 6.36 Å². The normalized spacial score (nSPS) is 11.5. The van der Waals surface area contributed by atoms with Gasteiger partial charge in [0.25, 0.3) is 6.43 Å². The van der Waals surface area contributed by atoms with Crippen LogP contribution in [0.25, 0.3) is 0 Å². The second-order valence-electron chi connectivity index (χ2n) is 3.28. The van der Waals surface area contributed by atoms with E-state index in [9.17, 15) is 22.0 Å². The van der Waals surface area contributed by atoms with Crippen LogP contribution in [0.3, 0.4) is 0 Å². The molecule has 1 heterocycles. The predicted molar refractivity (Wildman–Crippen MR) is 54.8 cm³/mol. The summed E-state index contributed by atoms with van der Waals surface area (Å²) >= 11 is 5.39. The largest absolute Gasteiger partial charge is 0.573 e. The van der Waals surface area contributed by atoms with Crippen molar-refractivity contribution in [3.05, 3.63) is 23.0 Å². The Bertz CT molecular complexity index is 498. The summed E-state index contributed by atoms with van der Waals surface area (Å²) in [5.74, 6) is -1.51. The predicted octanol–water partition coefficient (Wildman–Crippen LogP) is 3.72. The first-order chi connectivity index (χ1) is 8.80. The summed E-state index contributed by atoms with van der Waals surface area (Å²) in [5.41, 5.74) is -1.63. The first-order valence-electron chi connectivity index (χ1n) is 4.77. The summed E-state index contributed by atoms with van der Waals surface area (Å²) < 4.78 is 65.6. The lowest BCUT2D eigenvalue weighted by Gasteiger charge is -2.16. The van der Waals surface area contributed by atoms with Crippen LogP contribution in [-0.2, 0) is 12.3 Å². The first kappa shape index (κ1) is 15.4. The molecule has 0 atom stereocenters. The third-order valence-electron chi connectivity index (χ3n) is 2.10. The van der Waals surface area contributed by atoms with Gasteiger partial charge < -0.3 is 4.74 Å². The van der Waals surface area contributed by atoms with E-state index in [1.807, 2.05) is 0 Å². The Labute approximate surface area is 109 Å². The number of rotatable bonds is 4. The van der Waals surface area contributed by atoms with Crippen LogP contribution >= 0.6 is 11.6 Å². The summed E-state index contributed by atoms with van der Waals surface area (Å²) in [4.78, 5) is 3.40. The van der Waals surface area contributed by atoms with Gasteiger partial charge in [0, 0.05) is 11.1 Å². The first-order valence-corrected chi connectivity index (χ1v) is 5.31. The van der Waals surface area contributed by atoms with Crippen LogP contribution in [0.5, 0.6) is 5.75 Å². The van der Waals surface area contributed by atoms with Gasteiger partial charge in [0.1, 0.15) is 0 Å². The highest BCUT2D eigenvalue weighted by Gasteiger charge is 2.34. The van der Waals surface area contributed by atoms with Crippen LogP contribution in [0.4, 0.5) is 22.0 Å². The van der Waals surface area contributed by atoms with Gasteiger partial charge in [-0.3, -0.25) is 4.98 Å². The minimum Gasteiger partial charge on any atom is -0.404 e. The number of aromatic nitrogens is 1. The zero-order chi connectivity index (χ0) is 14.6. The maximum absolute atomic E-state index is 12.9. The maximum Gasteiger partial charge on any atom is 0.573 e. The van der Waals surface area contributed by atoms with E-state index >= 15 is 0 Å². The molecule has 19 heavy (non-hydrogen) atoms. The minimum absolute atomic E-state index is 0.317. The van der Waals surface area contributed by atoms with Gasteiger partial charge in [0.2, 0.25) is 0 Å². The van der Waals surface area contributed by atoms with Crippen LogP contribution in [-0.4, -0.2) is 11.3 Å². The van der Waals surface area contributed by atoms with Gasteiger partial charge in [-0.05, 0) is 0 Å². The van der Waals surface area contributed by atoms with Crippen molar-refractivity contribution in [2.24, 2.45) is 0 Å². The van der Waals surface area contributed by atoms with E-state index in [1.165, 1.54) is 0 Å². The monoisotopic (exact) mass is 300 g/mol. The van der Waals surface area contributed by atoms with E-state index in [-0.39, 0.29) is 5.69 Å². The van der Waals surface area contributed by atoms with Gasteiger partial charge in [0.05, 0.1) is 30.3 Å². The van der Waals surface area contributed by atoms with Gasteiger partial charge in [-0.25, -0.2) is 8.78 Å². The van der Waals surface area contributed by atoms with E-state index in [4.69, 9.17) is 16.9 Å². The molecule has 3 nitrogen and oxygen atoms in total. The number of alkyl halides is 6. The van der Waals surface area contributed by atoms with Crippen molar-refractivity contribution in [3.63, 3.8) is 0 Å². The molecule has 0 aliphatic heterocycles. The minimum atomic E-state index is -5.04. The Balaban J connectivity index is 3.37. The van der Waals surface area contributed by atoms with E-state index in [0.29, 0.717) is 6.20 Å². The molecule has 0 amide bonds. The molecule has 0 N–H and O–H groups in total. The molecular formula is C10H6ClF5N2O. The van der Waals surface area contributed by atoms with E-state index in [0.717, 1.165) is 0 Å². The quantitative estimate of drug-likeness (QED) is 0.629. The summed E-state index contributed by atoms with van der Waals surface area (Å²) in [5, 5.41) is 8.47. The molecule has 0 radical (unpaired) electrons. The molecule has 0 saturated carbocycles. The fourth-order valence-electron chi connectivity index (χ4n) is 1.41. The lowest BCUT2D eigenvalue weighted by atomic mass is 10.1. The lowest BCUT2D eigenvalue weighted by molar-refractivity contribution is -0.275. The number of nitriles is 1. The SMILES string of the molecule is N#CCc1ncc(OC(F)(F)F)c(CCl)c1C(F)F. The summed E-state index contributed by atoms with van der Waals surface area (Å²) in [7, 11) is 0. The van der Waals surface area contributed by atoms with Crippen LogP contribution in [0, 0.1) is 11.3 Å². The van der Waals surface area contributed by atoms with E-state index < -0.39 is 42.0 Å². The van der Waals surface area contributed by atoms with Crippen molar-refractivity contribution in [1.29, 1.82) is 5.26 Å². The number of hydrogen-bond acceptors (Lipinski definition) is 3. The Morgan fingerprint density at radius 1 is 1.42 bits per heavy atom. The maximum atomic E-state index is 12.9. The Morgan fingerprint density at radius 3 is 2.47 bits per heavy atom.